The van der Waals surface area contributed by atoms with Crippen LogP contribution >= 0.6 is 0 Å². The minimum Gasteiger partial charge on any atom is -0.444 e. The SMILES string of the molecule is CC(C)(C)OC(=O)N1CCCCCCCC/C=C\CCCCCCCCN2C[C@H]1C2=O. The third-order valence-corrected chi connectivity index (χ3v) is 6.23. The van der Waals surface area contributed by atoms with E-state index in [9.17, 15) is 9.59 Å². The summed E-state index contributed by atoms with van der Waals surface area (Å²) in [5, 5.41) is 0. The van der Waals surface area contributed by atoms with Crippen LogP contribution in [0.3, 0.4) is 0 Å². The largest absolute Gasteiger partial charge is 0.444 e. The first-order chi connectivity index (χ1) is 14.9. The van der Waals surface area contributed by atoms with Gasteiger partial charge >= 0.3 is 6.09 Å². The summed E-state index contributed by atoms with van der Waals surface area (Å²) in [6.07, 6.45) is 21.2. The van der Waals surface area contributed by atoms with E-state index in [2.05, 4.69) is 12.2 Å². The average molecular weight is 435 g/mol. The summed E-state index contributed by atoms with van der Waals surface area (Å²) >= 11 is 0. The lowest BCUT2D eigenvalue weighted by Gasteiger charge is -2.44. The van der Waals surface area contributed by atoms with Crippen molar-refractivity contribution < 1.29 is 14.3 Å². The second kappa shape index (κ2) is 13.8. The van der Waals surface area contributed by atoms with Crippen LogP contribution in [0.15, 0.2) is 12.2 Å². The summed E-state index contributed by atoms with van der Waals surface area (Å²) in [7, 11) is 0. The highest BCUT2D eigenvalue weighted by Crippen LogP contribution is 2.22. The van der Waals surface area contributed by atoms with Crippen molar-refractivity contribution in [2.75, 3.05) is 19.6 Å². The molecule has 5 nitrogen and oxygen atoms in total. The monoisotopic (exact) mass is 434 g/mol. The zero-order chi connectivity index (χ0) is 22.5. The minimum atomic E-state index is -0.543. The highest BCUT2D eigenvalue weighted by atomic mass is 16.6. The number of hydrogen-bond donors (Lipinski definition) is 0. The Morgan fingerprint density at radius 1 is 0.806 bits per heavy atom. The fraction of sp³-hybridized carbons (Fsp3) is 0.846. The molecule has 0 aromatic rings. The third-order valence-electron chi connectivity index (χ3n) is 6.23. The molecule has 2 bridgehead atoms. The molecular weight excluding hydrogens is 388 g/mol. The smallest absolute Gasteiger partial charge is 0.411 e. The number of carbonyl (C=O) groups is 2. The summed E-state index contributed by atoms with van der Waals surface area (Å²) < 4.78 is 5.61. The number of amides is 2. The van der Waals surface area contributed by atoms with Crippen molar-refractivity contribution in [1.82, 2.24) is 9.80 Å². The van der Waals surface area contributed by atoms with Gasteiger partial charge in [-0.25, -0.2) is 4.79 Å². The van der Waals surface area contributed by atoms with Gasteiger partial charge in [0.15, 0.2) is 0 Å². The van der Waals surface area contributed by atoms with E-state index >= 15 is 0 Å². The van der Waals surface area contributed by atoms with Gasteiger partial charge in [0.25, 0.3) is 0 Å². The maximum Gasteiger partial charge on any atom is 0.411 e. The molecule has 1 fully saturated rings. The van der Waals surface area contributed by atoms with E-state index in [1.807, 2.05) is 25.7 Å². The molecule has 0 radical (unpaired) electrons. The van der Waals surface area contributed by atoms with Gasteiger partial charge in [0.05, 0.1) is 6.54 Å². The van der Waals surface area contributed by atoms with E-state index < -0.39 is 5.60 Å². The highest BCUT2D eigenvalue weighted by Gasteiger charge is 2.43. The molecule has 5 heteroatoms. The molecule has 0 aliphatic carbocycles. The third kappa shape index (κ3) is 10.1. The lowest BCUT2D eigenvalue weighted by molar-refractivity contribution is -0.150. The fourth-order valence-corrected chi connectivity index (χ4v) is 4.36. The molecule has 0 spiro atoms. The number of β-lactam (4-membered cyclic amide) rings is 1. The summed E-state index contributed by atoms with van der Waals surface area (Å²) in [5.41, 5.74) is -0.543. The van der Waals surface area contributed by atoms with E-state index in [0.717, 1.165) is 25.8 Å². The first-order valence-corrected chi connectivity index (χ1v) is 12.8. The van der Waals surface area contributed by atoms with Crippen LogP contribution in [0.1, 0.15) is 111 Å². The molecule has 0 unspecified atom stereocenters. The Kier molecular flexibility index (Phi) is 11.5. The zero-order valence-corrected chi connectivity index (χ0v) is 20.4. The van der Waals surface area contributed by atoms with Gasteiger partial charge in [0.2, 0.25) is 5.91 Å². The van der Waals surface area contributed by atoms with Crippen LogP contribution < -0.4 is 0 Å². The number of carbonyl (C=O) groups excluding carboxylic acids is 2. The maximum atomic E-state index is 12.8. The molecule has 178 valence electrons. The van der Waals surface area contributed by atoms with Crippen LogP contribution in [0, 0.1) is 0 Å². The van der Waals surface area contributed by atoms with E-state index in [0.29, 0.717) is 13.1 Å². The molecule has 0 aromatic heterocycles. The van der Waals surface area contributed by atoms with Gasteiger partial charge in [-0.05, 0) is 59.3 Å². The Morgan fingerprint density at radius 2 is 1.29 bits per heavy atom. The molecule has 3 aliphatic heterocycles. The van der Waals surface area contributed by atoms with Crippen molar-refractivity contribution in [3.63, 3.8) is 0 Å². The average Bonchev–Trinajstić information content (AvgIpc) is 2.70. The van der Waals surface area contributed by atoms with Crippen molar-refractivity contribution >= 4 is 12.0 Å². The topological polar surface area (TPSA) is 49.9 Å². The first-order valence-electron chi connectivity index (χ1n) is 12.8. The van der Waals surface area contributed by atoms with Gasteiger partial charge in [-0.1, -0.05) is 63.5 Å². The number of fused-ring (bicyclic) bond motifs is 17. The predicted molar refractivity (Wildman–Crippen MR) is 127 cm³/mol. The maximum absolute atomic E-state index is 12.8. The molecule has 1 saturated heterocycles. The Morgan fingerprint density at radius 3 is 1.81 bits per heavy atom. The fourth-order valence-electron chi connectivity index (χ4n) is 4.36. The Labute approximate surface area is 190 Å². The van der Waals surface area contributed by atoms with Crippen molar-refractivity contribution in [2.24, 2.45) is 0 Å². The molecule has 0 N–H and O–H groups in total. The number of hydrogen-bond acceptors (Lipinski definition) is 3. The molecule has 1 atom stereocenters. The van der Waals surface area contributed by atoms with Gasteiger partial charge in [0.1, 0.15) is 11.6 Å². The molecule has 0 saturated carbocycles. The molecule has 0 aromatic carbocycles. The summed E-state index contributed by atoms with van der Waals surface area (Å²) in [5.74, 6) is 0.0970. The Hall–Kier alpha value is -1.52. The standard InChI is InChI=1S/C26H46N2O3/c1-26(2,3)31-25(30)28-21-19-17-15-13-11-9-7-5-4-6-8-10-12-14-16-18-20-27-22-23(28)24(27)29/h4-5,23H,6-22H2,1-3H3/b5-4-/t23-/m0/s1. The van der Waals surface area contributed by atoms with Crippen molar-refractivity contribution in [1.29, 1.82) is 0 Å². The predicted octanol–water partition coefficient (Wildman–Crippen LogP) is 6.47. The molecular formula is C26H46N2O3. The highest BCUT2D eigenvalue weighted by molar-refractivity contribution is 5.91. The van der Waals surface area contributed by atoms with Crippen molar-refractivity contribution in [3.05, 3.63) is 12.2 Å². The Bertz CT molecular complexity index is 567. The van der Waals surface area contributed by atoms with Gasteiger partial charge in [-0.2, -0.15) is 0 Å². The summed E-state index contributed by atoms with van der Waals surface area (Å²) in [6, 6.07) is -0.334. The number of rotatable bonds is 0. The van der Waals surface area contributed by atoms with Gasteiger partial charge in [-0.15, -0.1) is 0 Å². The van der Waals surface area contributed by atoms with Crippen LogP contribution in [0.25, 0.3) is 0 Å². The van der Waals surface area contributed by atoms with Crippen molar-refractivity contribution in [2.45, 2.75) is 122 Å². The van der Waals surface area contributed by atoms with E-state index in [4.69, 9.17) is 4.74 Å². The zero-order valence-electron chi connectivity index (χ0n) is 20.4. The van der Waals surface area contributed by atoms with E-state index in [-0.39, 0.29) is 18.0 Å². The van der Waals surface area contributed by atoms with E-state index in [1.54, 1.807) is 4.90 Å². The molecule has 31 heavy (non-hydrogen) atoms. The molecule has 2 amide bonds. The summed E-state index contributed by atoms with van der Waals surface area (Å²) in [4.78, 5) is 29.1. The van der Waals surface area contributed by atoms with Gasteiger partial charge in [-0.3, -0.25) is 9.69 Å². The quantitative estimate of drug-likeness (QED) is 0.324. The first kappa shape index (κ1) is 25.7. The number of allylic oxidation sites excluding steroid dienone is 2. The minimum absolute atomic E-state index is 0.0970. The lowest BCUT2D eigenvalue weighted by atomic mass is 10.0. The summed E-state index contributed by atoms with van der Waals surface area (Å²) in [6.45, 7) is 7.73. The van der Waals surface area contributed by atoms with Gasteiger partial charge < -0.3 is 9.64 Å². The van der Waals surface area contributed by atoms with Crippen LogP contribution in [-0.2, 0) is 9.53 Å². The second-order valence-electron chi connectivity index (χ2n) is 10.3. The van der Waals surface area contributed by atoms with Crippen LogP contribution in [-0.4, -0.2) is 53.1 Å². The van der Waals surface area contributed by atoms with Crippen molar-refractivity contribution in [3.8, 4) is 0 Å². The van der Waals surface area contributed by atoms with E-state index in [1.165, 1.54) is 70.6 Å². The number of ether oxygens (including phenoxy) is 1. The Balaban J connectivity index is 1.88. The van der Waals surface area contributed by atoms with Crippen LogP contribution in [0.4, 0.5) is 4.79 Å². The molecule has 3 aliphatic rings. The number of nitrogens with zero attached hydrogens (tertiary/aromatic N) is 2. The molecule has 3 rings (SSSR count). The normalized spacial score (nSPS) is 25.0. The van der Waals surface area contributed by atoms with Gasteiger partial charge in [0, 0.05) is 13.1 Å². The second-order valence-corrected chi connectivity index (χ2v) is 10.3. The van der Waals surface area contributed by atoms with Crippen LogP contribution in [0.5, 0.6) is 0 Å². The lowest BCUT2D eigenvalue weighted by Crippen LogP contribution is -2.65. The van der Waals surface area contributed by atoms with Crippen LogP contribution in [0.2, 0.25) is 0 Å². The molecule has 3 heterocycles.